The molecule has 3 nitrogen and oxygen atoms in total. The second-order valence-electron chi connectivity index (χ2n) is 5.61. The molecule has 0 saturated heterocycles. The smallest absolute Gasteiger partial charge is 0.245 e. The van der Waals surface area contributed by atoms with Gasteiger partial charge in [0.15, 0.2) is 11.0 Å². The van der Waals surface area contributed by atoms with E-state index in [9.17, 15) is 0 Å². The zero-order valence-electron chi connectivity index (χ0n) is 13.3. The summed E-state index contributed by atoms with van der Waals surface area (Å²) in [6.07, 6.45) is 2.20. The van der Waals surface area contributed by atoms with Crippen molar-refractivity contribution < 1.29 is 9.30 Å². The van der Waals surface area contributed by atoms with E-state index in [1.54, 1.807) is 0 Å². The van der Waals surface area contributed by atoms with Gasteiger partial charge in [0, 0.05) is 6.61 Å². The van der Waals surface area contributed by atoms with Crippen molar-refractivity contribution >= 4 is 11.0 Å². The topological polar surface area (TPSA) is 18.0 Å². The van der Waals surface area contributed by atoms with Gasteiger partial charge in [0.1, 0.15) is 13.1 Å². The van der Waals surface area contributed by atoms with Crippen LogP contribution in [0.1, 0.15) is 18.1 Å². The summed E-state index contributed by atoms with van der Waals surface area (Å²) in [6, 6.07) is 17.2. The first-order valence-electron chi connectivity index (χ1n) is 7.88. The Balaban J connectivity index is 1.96. The van der Waals surface area contributed by atoms with Gasteiger partial charge in [-0.1, -0.05) is 36.4 Å². The molecular formula is C19H23N2O+. The third kappa shape index (κ3) is 3.20. The highest BCUT2D eigenvalue weighted by atomic mass is 16.5. The van der Waals surface area contributed by atoms with Gasteiger partial charge in [-0.05, 0) is 37.1 Å². The van der Waals surface area contributed by atoms with Gasteiger partial charge in [-0.2, -0.15) is 0 Å². The van der Waals surface area contributed by atoms with Crippen LogP contribution in [0.4, 0.5) is 0 Å². The lowest BCUT2D eigenvalue weighted by Gasteiger charge is -1.98. The summed E-state index contributed by atoms with van der Waals surface area (Å²) < 4.78 is 10.1. The molecule has 22 heavy (non-hydrogen) atoms. The summed E-state index contributed by atoms with van der Waals surface area (Å²) >= 11 is 0. The lowest BCUT2D eigenvalue weighted by molar-refractivity contribution is -0.673. The Morgan fingerprint density at radius 3 is 2.68 bits per heavy atom. The molecule has 0 saturated carbocycles. The molecule has 114 valence electrons. The minimum Gasteiger partial charge on any atom is -0.378 e. The fraction of sp³-hybridized carbons (Fsp3) is 0.316. The first-order valence-corrected chi connectivity index (χ1v) is 7.88. The second kappa shape index (κ2) is 6.75. The van der Waals surface area contributed by atoms with E-state index in [1.807, 2.05) is 6.92 Å². The van der Waals surface area contributed by atoms with Crippen molar-refractivity contribution in [1.29, 1.82) is 0 Å². The lowest BCUT2D eigenvalue weighted by atomic mass is 10.2. The molecule has 0 unspecified atom stereocenters. The molecule has 3 heteroatoms. The average molecular weight is 295 g/mol. The van der Waals surface area contributed by atoms with Crippen LogP contribution < -0.4 is 4.57 Å². The first-order chi connectivity index (χ1) is 10.8. The van der Waals surface area contributed by atoms with E-state index in [4.69, 9.17) is 4.74 Å². The summed E-state index contributed by atoms with van der Waals surface area (Å²) in [5.41, 5.74) is 5.15. The second-order valence-corrected chi connectivity index (χ2v) is 5.61. The molecule has 0 radical (unpaired) electrons. The summed E-state index contributed by atoms with van der Waals surface area (Å²) in [4.78, 5) is 0. The Morgan fingerprint density at radius 1 is 1.09 bits per heavy atom. The predicted molar refractivity (Wildman–Crippen MR) is 88.9 cm³/mol. The van der Waals surface area contributed by atoms with Crippen molar-refractivity contribution in [3.8, 4) is 0 Å². The van der Waals surface area contributed by atoms with Crippen molar-refractivity contribution in [2.75, 3.05) is 13.2 Å². The quantitative estimate of drug-likeness (QED) is 0.504. The maximum atomic E-state index is 5.51. The molecule has 2 aromatic carbocycles. The maximum Gasteiger partial charge on any atom is 0.245 e. The molecule has 0 fully saturated rings. The molecule has 0 aliphatic carbocycles. The van der Waals surface area contributed by atoms with E-state index < -0.39 is 0 Å². The Hall–Kier alpha value is -2.13. The standard InChI is InChI=1S/C19H23N2O/c1-3-22-12-11-20-15-21(14-17-7-5-4-6-8-17)19-13-16(2)9-10-18(19)20/h4-10,13,15H,3,11-12,14H2,1-2H3/q+1. The van der Waals surface area contributed by atoms with Crippen molar-refractivity contribution in [3.63, 3.8) is 0 Å². The summed E-state index contributed by atoms with van der Waals surface area (Å²) in [6.45, 7) is 7.47. The molecule has 3 aromatic rings. The molecule has 0 aliphatic rings. The summed E-state index contributed by atoms with van der Waals surface area (Å²) in [7, 11) is 0. The van der Waals surface area contributed by atoms with Crippen LogP contribution in [-0.2, 0) is 17.8 Å². The highest BCUT2D eigenvalue weighted by Gasteiger charge is 2.15. The first kappa shape index (κ1) is 14.8. The van der Waals surface area contributed by atoms with Gasteiger partial charge in [0.2, 0.25) is 6.33 Å². The van der Waals surface area contributed by atoms with Crippen molar-refractivity contribution in [2.24, 2.45) is 0 Å². The summed E-state index contributed by atoms with van der Waals surface area (Å²) in [5, 5.41) is 0. The number of nitrogens with zero attached hydrogens (tertiary/aromatic N) is 2. The number of fused-ring (bicyclic) bond motifs is 1. The average Bonchev–Trinajstić information content (AvgIpc) is 2.86. The zero-order chi connectivity index (χ0) is 15.4. The van der Waals surface area contributed by atoms with Gasteiger partial charge in [-0.25, -0.2) is 9.13 Å². The van der Waals surface area contributed by atoms with E-state index in [0.29, 0.717) is 0 Å². The molecule has 1 heterocycles. The van der Waals surface area contributed by atoms with Crippen molar-refractivity contribution in [1.82, 2.24) is 4.57 Å². The van der Waals surface area contributed by atoms with Crippen LogP contribution >= 0.6 is 0 Å². The van der Waals surface area contributed by atoms with E-state index in [0.717, 1.165) is 26.3 Å². The third-order valence-corrected chi connectivity index (χ3v) is 3.90. The van der Waals surface area contributed by atoms with Crippen LogP contribution in [0.2, 0.25) is 0 Å². The minimum atomic E-state index is 0.749. The predicted octanol–water partition coefficient (Wildman–Crippen LogP) is 3.32. The fourth-order valence-corrected chi connectivity index (χ4v) is 2.79. The SMILES string of the molecule is CCOCC[n+]1cn(Cc2ccccc2)c2cc(C)ccc21. The van der Waals surface area contributed by atoms with Crippen LogP contribution in [0.15, 0.2) is 54.9 Å². The van der Waals surface area contributed by atoms with Crippen LogP contribution in [0, 0.1) is 6.92 Å². The van der Waals surface area contributed by atoms with Gasteiger partial charge >= 0.3 is 0 Å². The summed E-state index contributed by atoms with van der Waals surface area (Å²) in [5.74, 6) is 0. The van der Waals surface area contributed by atoms with Gasteiger partial charge in [0.05, 0.1) is 6.61 Å². The van der Waals surface area contributed by atoms with Crippen molar-refractivity contribution in [3.05, 3.63) is 66.0 Å². The molecule has 0 aliphatic heterocycles. The van der Waals surface area contributed by atoms with Crippen LogP contribution in [0.5, 0.6) is 0 Å². The Morgan fingerprint density at radius 2 is 1.91 bits per heavy atom. The van der Waals surface area contributed by atoms with Gasteiger partial charge in [0.25, 0.3) is 0 Å². The van der Waals surface area contributed by atoms with Crippen molar-refractivity contribution in [2.45, 2.75) is 26.9 Å². The van der Waals surface area contributed by atoms with Gasteiger partial charge in [-0.15, -0.1) is 0 Å². The van der Waals surface area contributed by atoms with Crippen LogP contribution in [-0.4, -0.2) is 17.8 Å². The monoisotopic (exact) mass is 295 g/mol. The molecular weight excluding hydrogens is 272 g/mol. The zero-order valence-corrected chi connectivity index (χ0v) is 13.3. The van der Waals surface area contributed by atoms with Crippen LogP contribution in [0.25, 0.3) is 11.0 Å². The number of aryl methyl sites for hydroxylation is 1. The molecule has 0 atom stereocenters. The number of aromatic nitrogens is 2. The highest BCUT2D eigenvalue weighted by molar-refractivity contribution is 5.72. The highest BCUT2D eigenvalue weighted by Crippen LogP contribution is 2.15. The normalized spacial score (nSPS) is 11.2. The fourth-order valence-electron chi connectivity index (χ4n) is 2.79. The molecule has 3 rings (SSSR count). The number of hydrogen-bond donors (Lipinski definition) is 0. The van der Waals surface area contributed by atoms with E-state index >= 15 is 0 Å². The van der Waals surface area contributed by atoms with Crippen LogP contribution in [0.3, 0.4) is 0 Å². The van der Waals surface area contributed by atoms with E-state index in [1.165, 1.54) is 22.2 Å². The lowest BCUT2D eigenvalue weighted by Crippen LogP contribution is -2.34. The van der Waals surface area contributed by atoms with Gasteiger partial charge < -0.3 is 4.74 Å². The number of benzene rings is 2. The third-order valence-electron chi connectivity index (χ3n) is 3.90. The molecule has 0 bridgehead atoms. The number of ether oxygens (including phenoxy) is 1. The minimum absolute atomic E-state index is 0.749. The molecule has 1 aromatic heterocycles. The van der Waals surface area contributed by atoms with E-state index in [2.05, 4.69) is 70.9 Å². The largest absolute Gasteiger partial charge is 0.378 e. The molecule has 0 spiro atoms. The number of rotatable bonds is 6. The maximum absolute atomic E-state index is 5.51. The Bertz CT molecular complexity index is 747. The van der Waals surface area contributed by atoms with Gasteiger partial charge in [-0.3, -0.25) is 0 Å². The molecule has 0 amide bonds. The number of imidazole rings is 1. The number of hydrogen-bond acceptors (Lipinski definition) is 1. The van der Waals surface area contributed by atoms with E-state index in [-0.39, 0.29) is 0 Å². The Kier molecular flexibility index (Phi) is 4.54. The molecule has 0 N–H and O–H groups in total. The Labute approximate surface area is 131 Å².